The molecule has 19 heavy (non-hydrogen) atoms. The molecule has 0 N–H and O–H groups in total. The molecule has 2 aromatic rings. The van der Waals surface area contributed by atoms with Crippen LogP contribution in [0.2, 0.25) is 5.02 Å². The van der Waals surface area contributed by atoms with Gasteiger partial charge in [0.15, 0.2) is 0 Å². The van der Waals surface area contributed by atoms with E-state index in [9.17, 15) is 0 Å². The molecular weight excluding hydrogens is 260 g/mol. The Balaban J connectivity index is 2.10. The van der Waals surface area contributed by atoms with Crippen molar-refractivity contribution in [3.05, 3.63) is 53.1 Å². The lowest BCUT2D eigenvalue weighted by atomic mass is 9.87. The van der Waals surface area contributed by atoms with Gasteiger partial charge >= 0.3 is 0 Å². The van der Waals surface area contributed by atoms with Crippen LogP contribution in [0.15, 0.2) is 36.8 Å². The van der Waals surface area contributed by atoms with Crippen LogP contribution in [-0.2, 0) is 12.0 Å². The summed E-state index contributed by atoms with van der Waals surface area (Å²) in [5.41, 5.74) is 2.09. The SMILES string of the molecule is CC(C)(C)c1ccc(OCc2ccncn2)c(Cl)c1. The number of hydrogen-bond donors (Lipinski definition) is 0. The van der Waals surface area contributed by atoms with E-state index in [4.69, 9.17) is 16.3 Å². The largest absolute Gasteiger partial charge is 0.486 e. The van der Waals surface area contributed by atoms with Gasteiger partial charge in [0.05, 0.1) is 10.7 Å². The van der Waals surface area contributed by atoms with E-state index in [0.29, 0.717) is 17.4 Å². The Labute approximate surface area is 118 Å². The van der Waals surface area contributed by atoms with Crippen molar-refractivity contribution in [3.8, 4) is 5.75 Å². The zero-order chi connectivity index (χ0) is 13.9. The Morgan fingerprint density at radius 1 is 1.21 bits per heavy atom. The lowest BCUT2D eigenvalue weighted by Gasteiger charge is -2.20. The second kappa shape index (κ2) is 5.57. The number of nitrogens with zero attached hydrogens (tertiary/aromatic N) is 2. The highest BCUT2D eigenvalue weighted by Gasteiger charge is 2.15. The van der Waals surface area contributed by atoms with Gasteiger partial charge in [-0.3, -0.25) is 0 Å². The van der Waals surface area contributed by atoms with Crippen LogP contribution >= 0.6 is 11.6 Å². The lowest BCUT2D eigenvalue weighted by Crippen LogP contribution is -2.11. The molecule has 2 rings (SSSR count). The lowest BCUT2D eigenvalue weighted by molar-refractivity contribution is 0.301. The monoisotopic (exact) mass is 276 g/mol. The molecular formula is C15H17ClN2O. The van der Waals surface area contributed by atoms with Crippen molar-refractivity contribution in [3.63, 3.8) is 0 Å². The van der Waals surface area contributed by atoms with Crippen molar-refractivity contribution in [1.82, 2.24) is 9.97 Å². The summed E-state index contributed by atoms with van der Waals surface area (Å²) in [5, 5.41) is 0.626. The first kappa shape index (κ1) is 13.8. The molecule has 1 aromatic heterocycles. The van der Waals surface area contributed by atoms with E-state index in [1.165, 1.54) is 11.9 Å². The van der Waals surface area contributed by atoms with Crippen LogP contribution in [0.5, 0.6) is 5.75 Å². The van der Waals surface area contributed by atoms with Gasteiger partial charge in [0.1, 0.15) is 18.7 Å². The molecule has 0 atom stereocenters. The molecule has 0 unspecified atom stereocenters. The average molecular weight is 277 g/mol. The fraction of sp³-hybridized carbons (Fsp3) is 0.333. The first-order valence-electron chi connectivity index (χ1n) is 6.14. The van der Waals surface area contributed by atoms with E-state index in [1.54, 1.807) is 6.20 Å². The maximum Gasteiger partial charge on any atom is 0.138 e. The Morgan fingerprint density at radius 3 is 2.58 bits per heavy atom. The molecule has 0 bridgehead atoms. The van der Waals surface area contributed by atoms with Gasteiger partial charge in [0, 0.05) is 6.20 Å². The highest BCUT2D eigenvalue weighted by atomic mass is 35.5. The molecule has 1 heterocycles. The molecule has 0 spiro atoms. The minimum absolute atomic E-state index is 0.0782. The van der Waals surface area contributed by atoms with Crippen molar-refractivity contribution in [2.75, 3.05) is 0 Å². The third-order valence-electron chi connectivity index (χ3n) is 2.82. The highest BCUT2D eigenvalue weighted by Crippen LogP contribution is 2.31. The number of rotatable bonds is 3. The molecule has 0 aliphatic carbocycles. The topological polar surface area (TPSA) is 35.0 Å². The Morgan fingerprint density at radius 2 is 2.00 bits per heavy atom. The Bertz CT molecular complexity index is 550. The van der Waals surface area contributed by atoms with Gasteiger partial charge in [-0.25, -0.2) is 9.97 Å². The van der Waals surface area contributed by atoms with Gasteiger partial charge in [-0.05, 0) is 29.2 Å². The number of halogens is 1. The first-order chi connectivity index (χ1) is 8.97. The number of hydrogen-bond acceptors (Lipinski definition) is 3. The molecule has 0 fully saturated rings. The molecule has 0 saturated carbocycles. The van der Waals surface area contributed by atoms with Crippen molar-refractivity contribution < 1.29 is 4.74 Å². The Kier molecular flexibility index (Phi) is 4.05. The average Bonchev–Trinajstić information content (AvgIpc) is 2.37. The molecule has 0 radical (unpaired) electrons. The summed E-state index contributed by atoms with van der Waals surface area (Å²) < 4.78 is 5.67. The minimum atomic E-state index is 0.0782. The van der Waals surface area contributed by atoms with Crippen LogP contribution in [0.4, 0.5) is 0 Å². The van der Waals surface area contributed by atoms with Crippen LogP contribution in [0.3, 0.4) is 0 Å². The molecule has 3 nitrogen and oxygen atoms in total. The zero-order valence-electron chi connectivity index (χ0n) is 11.4. The number of aromatic nitrogens is 2. The standard InChI is InChI=1S/C15H17ClN2O/c1-15(2,3)11-4-5-14(13(16)8-11)19-9-12-6-7-17-10-18-12/h4-8,10H,9H2,1-3H3. The first-order valence-corrected chi connectivity index (χ1v) is 6.52. The van der Waals surface area contributed by atoms with Gasteiger partial charge in [0.25, 0.3) is 0 Å². The van der Waals surface area contributed by atoms with Gasteiger partial charge in [-0.2, -0.15) is 0 Å². The van der Waals surface area contributed by atoms with Crippen LogP contribution in [-0.4, -0.2) is 9.97 Å². The third-order valence-corrected chi connectivity index (χ3v) is 3.11. The Hall–Kier alpha value is -1.61. The molecule has 0 aliphatic heterocycles. The van der Waals surface area contributed by atoms with Crippen molar-refractivity contribution in [1.29, 1.82) is 0 Å². The van der Waals surface area contributed by atoms with Gasteiger partial charge in [-0.15, -0.1) is 0 Å². The number of benzene rings is 1. The maximum atomic E-state index is 6.24. The fourth-order valence-electron chi connectivity index (χ4n) is 1.64. The summed E-state index contributed by atoms with van der Waals surface area (Å²) in [6, 6.07) is 7.72. The van der Waals surface area contributed by atoms with E-state index >= 15 is 0 Å². The summed E-state index contributed by atoms with van der Waals surface area (Å²) in [4.78, 5) is 7.96. The molecule has 1 aromatic carbocycles. The third kappa shape index (κ3) is 3.67. The predicted octanol–water partition coefficient (Wildman–Crippen LogP) is 4.01. The molecule has 0 amide bonds. The quantitative estimate of drug-likeness (QED) is 0.850. The van der Waals surface area contributed by atoms with Gasteiger partial charge in [-0.1, -0.05) is 38.4 Å². The summed E-state index contributed by atoms with van der Waals surface area (Å²) in [5.74, 6) is 0.674. The van der Waals surface area contributed by atoms with E-state index in [-0.39, 0.29) is 5.41 Å². The second-order valence-corrected chi connectivity index (χ2v) is 5.79. The summed E-state index contributed by atoms with van der Waals surface area (Å²) in [6.07, 6.45) is 3.19. The minimum Gasteiger partial charge on any atom is -0.486 e. The number of ether oxygens (including phenoxy) is 1. The van der Waals surface area contributed by atoms with Crippen molar-refractivity contribution in [2.24, 2.45) is 0 Å². The smallest absolute Gasteiger partial charge is 0.138 e. The predicted molar refractivity (Wildman–Crippen MR) is 76.5 cm³/mol. The van der Waals surface area contributed by atoms with Crippen molar-refractivity contribution >= 4 is 11.6 Å². The normalized spacial score (nSPS) is 11.4. The van der Waals surface area contributed by atoms with Crippen molar-refractivity contribution in [2.45, 2.75) is 32.8 Å². The van der Waals surface area contributed by atoms with E-state index in [2.05, 4.69) is 30.7 Å². The summed E-state index contributed by atoms with van der Waals surface area (Å²) in [6.45, 7) is 6.84. The maximum absolute atomic E-state index is 6.24. The van der Waals surface area contributed by atoms with Gasteiger partial charge in [0.2, 0.25) is 0 Å². The summed E-state index contributed by atoms with van der Waals surface area (Å²) in [7, 11) is 0. The van der Waals surface area contributed by atoms with Gasteiger partial charge < -0.3 is 4.74 Å². The molecule has 100 valence electrons. The van der Waals surface area contributed by atoms with Crippen LogP contribution in [0.25, 0.3) is 0 Å². The molecule has 4 heteroatoms. The van der Waals surface area contributed by atoms with E-state index in [0.717, 1.165) is 5.69 Å². The van der Waals surface area contributed by atoms with Crippen LogP contribution < -0.4 is 4.74 Å². The molecule has 0 saturated heterocycles. The molecule has 0 aliphatic rings. The van der Waals surface area contributed by atoms with Crippen LogP contribution in [0.1, 0.15) is 32.0 Å². The van der Waals surface area contributed by atoms with Crippen LogP contribution in [0, 0.1) is 0 Å². The van der Waals surface area contributed by atoms with E-state index < -0.39 is 0 Å². The van der Waals surface area contributed by atoms with E-state index in [1.807, 2.05) is 24.3 Å². The highest BCUT2D eigenvalue weighted by molar-refractivity contribution is 6.32. The fourth-order valence-corrected chi connectivity index (χ4v) is 1.87. The zero-order valence-corrected chi connectivity index (χ0v) is 12.1. The summed E-state index contributed by atoms with van der Waals surface area (Å²) >= 11 is 6.24. The second-order valence-electron chi connectivity index (χ2n) is 5.38.